The smallest absolute Gasteiger partial charge is 0.259 e. The van der Waals surface area contributed by atoms with Crippen molar-refractivity contribution in [2.75, 3.05) is 11.9 Å². The van der Waals surface area contributed by atoms with Crippen LogP contribution in [0.2, 0.25) is 0 Å². The van der Waals surface area contributed by atoms with Crippen molar-refractivity contribution < 1.29 is 13.6 Å². The van der Waals surface area contributed by atoms with E-state index in [9.17, 15) is 9.18 Å². The van der Waals surface area contributed by atoms with Gasteiger partial charge in [0.25, 0.3) is 5.91 Å². The van der Waals surface area contributed by atoms with Gasteiger partial charge in [-0.2, -0.15) is 5.10 Å². The predicted octanol–water partition coefficient (Wildman–Crippen LogP) is 3.96. The molecule has 0 aliphatic carbocycles. The number of carbonyl (C=O) groups excluding carboxylic acids is 1. The molecule has 5 nitrogen and oxygen atoms in total. The van der Waals surface area contributed by atoms with Crippen LogP contribution in [-0.2, 0) is 4.79 Å². The first-order chi connectivity index (χ1) is 12.6. The molecule has 0 aliphatic heterocycles. The van der Waals surface area contributed by atoms with Gasteiger partial charge in [-0.25, -0.2) is 9.82 Å². The number of benzene rings is 2. The van der Waals surface area contributed by atoms with Crippen molar-refractivity contribution in [2.45, 2.75) is 6.92 Å². The first-order valence-electron chi connectivity index (χ1n) is 8.09. The Labute approximate surface area is 150 Å². The van der Waals surface area contributed by atoms with E-state index in [1.807, 2.05) is 31.2 Å². The van der Waals surface area contributed by atoms with Crippen molar-refractivity contribution in [3.8, 4) is 11.3 Å². The molecule has 1 amide bonds. The zero-order valence-electron chi connectivity index (χ0n) is 14.2. The van der Waals surface area contributed by atoms with Crippen LogP contribution in [0.3, 0.4) is 0 Å². The molecule has 3 aromatic rings. The number of hydrazone groups is 1. The number of hydrogen-bond acceptors (Lipinski definition) is 4. The van der Waals surface area contributed by atoms with Gasteiger partial charge in [-0.1, -0.05) is 29.8 Å². The molecule has 0 aliphatic rings. The summed E-state index contributed by atoms with van der Waals surface area (Å²) in [6.45, 7) is 2.09. The van der Waals surface area contributed by atoms with Crippen LogP contribution < -0.4 is 10.7 Å². The highest BCUT2D eigenvalue weighted by atomic mass is 19.1. The number of carbonyl (C=O) groups is 1. The summed E-state index contributed by atoms with van der Waals surface area (Å²) >= 11 is 0. The van der Waals surface area contributed by atoms with E-state index in [-0.39, 0.29) is 18.3 Å². The standard InChI is InChI=1S/C20H18FN3O2/c1-14-6-8-15(9-7-14)22-13-20(25)24-23-12-16-10-11-19(26-16)17-4-2-3-5-18(17)21/h2-12,22H,13H2,1H3,(H,24,25)/b23-12-. The van der Waals surface area contributed by atoms with Gasteiger partial charge in [-0.05, 0) is 43.3 Å². The Morgan fingerprint density at radius 1 is 1.12 bits per heavy atom. The average Bonchev–Trinajstić information content (AvgIpc) is 3.10. The molecule has 0 saturated carbocycles. The minimum absolute atomic E-state index is 0.0963. The lowest BCUT2D eigenvalue weighted by molar-refractivity contribution is -0.119. The van der Waals surface area contributed by atoms with E-state index in [1.165, 1.54) is 12.3 Å². The van der Waals surface area contributed by atoms with Gasteiger partial charge in [0.15, 0.2) is 0 Å². The Morgan fingerprint density at radius 3 is 2.65 bits per heavy atom. The summed E-state index contributed by atoms with van der Waals surface area (Å²) in [7, 11) is 0. The van der Waals surface area contributed by atoms with Gasteiger partial charge in [0, 0.05) is 5.69 Å². The number of rotatable bonds is 6. The van der Waals surface area contributed by atoms with Crippen molar-refractivity contribution in [3.63, 3.8) is 0 Å². The predicted molar refractivity (Wildman–Crippen MR) is 99.5 cm³/mol. The zero-order chi connectivity index (χ0) is 18.4. The Balaban J connectivity index is 1.51. The zero-order valence-corrected chi connectivity index (χ0v) is 14.2. The van der Waals surface area contributed by atoms with Crippen molar-refractivity contribution in [2.24, 2.45) is 5.10 Å². The molecule has 2 N–H and O–H groups in total. The van der Waals surface area contributed by atoms with Crippen LogP contribution >= 0.6 is 0 Å². The van der Waals surface area contributed by atoms with Crippen LogP contribution in [0.4, 0.5) is 10.1 Å². The first kappa shape index (κ1) is 17.4. The van der Waals surface area contributed by atoms with Gasteiger partial charge in [0.2, 0.25) is 0 Å². The molecule has 0 spiro atoms. The maximum absolute atomic E-state index is 13.7. The van der Waals surface area contributed by atoms with E-state index in [4.69, 9.17) is 4.42 Å². The molecule has 26 heavy (non-hydrogen) atoms. The van der Waals surface area contributed by atoms with E-state index in [1.54, 1.807) is 30.3 Å². The Morgan fingerprint density at radius 2 is 1.88 bits per heavy atom. The highest BCUT2D eigenvalue weighted by Crippen LogP contribution is 2.24. The fourth-order valence-electron chi connectivity index (χ4n) is 2.29. The topological polar surface area (TPSA) is 66.6 Å². The third kappa shape index (κ3) is 4.57. The van der Waals surface area contributed by atoms with Crippen molar-refractivity contribution in [1.29, 1.82) is 0 Å². The van der Waals surface area contributed by atoms with Gasteiger partial charge >= 0.3 is 0 Å². The first-order valence-corrected chi connectivity index (χ1v) is 8.09. The summed E-state index contributed by atoms with van der Waals surface area (Å²) in [6, 6.07) is 17.4. The third-order valence-corrected chi connectivity index (χ3v) is 3.65. The van der Waals surface area contributed by atoms with Crippen LogP contribution in [0.1, 0.15) is 11.3 Å². The molecule has 0 atom stereocenters. The van der Waals surface area contributed by atoms with Crippen molar-refractivity contribution in [1.82, 2.24) is 5.43 Å². The third-order valence-electron chi connectivity index (χ3n) is 3.65. The monoisotopic (exact) mass is 351 g/mol. The molecular weight excluding hydrogens is 333 g/mol. The number of halogens is 1. The van der Waals surface area contributed by atoms with E-state index in [0.717, 1.165) is 11.3 Å². The van der Waals surface area contributed by atoms with Crippen LogP contribution in [0, 0.1) is 12.7 Å². The quantitative estimate of drug-likeness (QED) is 0.522. The van der Waals surface area contributed by atoms with Crippen LogP contribution in [0.15, 0.2) is 70.2 Å². The molecule has 2 aromatic carbocycles. The molecule has 6 heteroatoms. The Hall–Kier alpha value is -3.41. The summed E-state index contributed by atoms with van der Waals surface area (Å²) in [5, 5.41) is 6.85. The van der Waals surface area contributed by atoms with Crippen LogP contribution in [-0.4, -0.2) is 18.7 Å². The molecule has 1 aromatic heterocycles. The fourth-order valence-corrected chi connectivity index (χ4v) is 2.29. The minimum Gasteiger partial charge on any atom is -0.455 e. The number of aryl methyl sites for hydroxylation is 1. The number of nitrogens with one attached hydrogen (secondary N) is 2. The number of hydrogen-bond donors (Lipinski definition) is 2. The maximum atomic E-state index is 13.7. The number of nitrogens with zero attached hydrogens (tertiary/aromatic N) is 1. The number of amides is 1. The van der Waals surface area contributed by atoms with Gasteiger partial charge in [-0.3, -0.25) is 4.79 Å². The van der Waals surface area contributed by atoms with E-state index >= 15 is 0 Å². The summed E-state index contributed by atoms with van der Waals surface area (Å²) in [5.41, 5.74) is 4.79. The summed E-state index contributed by atoms with van der Waals surface area (Å²) < 4.78 is 19.2. The second kappa shape index (κ2) is 8.11. The number of anilines is 1. The van der Waals surface area contributed by atoms with Crippen LogP contribution in [0.25, 0.3) is 11.3 Å². The fraction of sp³-hybridized carbons (Fsp3) is 0.100. The largest absolute Gasteiger partial charge is 0.455 e. The number of furan rings is 1. The molecular formula is C20H18FN3O2. The molecule has 3 rings (SSSR count). The molecule has 0 bridgehead atoms. The van der Waals surface area contributed by atoms with Crippen molar-refractivity contribution in [3.05, 3.63) is 77.8 Å². The molecule has 1 heterocycles. The lowest BCUT2D eigenvalue weighted by atomic mass is 10.1. The van der Waals surface area contributed by atoms with Crippen molar-refractivity contribution >= 4 is 17.8 Å². The van der Waals surface area contributed by atoms with E-state index in [0.29, 0.717) is 17.1 Å². The summed E-state index contributed by atoms with van der Waals surface area (Å²) in [5.74, 6) is 0.162. The normalized spacial score (nSPS) is 10.8. The average molecular weight is 351 g/mol. The second-order valence-electron chi connectivity index (χ2n) is 5.69. The SMILES string of the molecule is Cc1ccc(NCC(=O)N/N=C\c2ccc(-c3ccccc3F)o2)cc1. The van der Waals surface area contributed by atoms with Gasteiger partial charge in [0.1, 0.15) is 17.3 Å². The Kier molecular flexibility index (Phi) is 5.43. The van der Waals surface area contributed by atoms with Gasteiger partial charge in [-0.15, -0.1) is 0 Å². The second-order valence-corrected chi connectivity index (χ2v) is 5.69. The summed E-state index contributed by atoms with van der Waals surface area (Å²) in [4.78, 5) is 11.8. The van der Waals surface area contributed by atoms with Gasteiger partial charge < -0.3 is 9.73 Å². The molecule has 0 unspecified atom stereocenters. The highest BCUT2D eigenvalue weighted by molar-refractivity contribution is 5.83. The molecule has 0 fully saturated rings. The lowest BCUT2D eigenvalue weighted by Crippen LogP contribution is -2.25. The molecule has 0 radical (unpaired) electrons. The van der Waals surface area contributed by atoms with Gasteiger partial charge in [0.05, 0.1) is 18.3 Å². The summed E-state index contributed by atoms with van der Waals surface area (Å²) in [6.07, 6.45) is 1.37. The highest BCUT2D eigenvalue weighted by Gasteiger charge is 2.08. The minimum atomic E-state index is -0.360. The lowest BCUT2D eigenvalue weighted by Gasteiger charge is -2.05. The molecule has 0 saturated heterocycles. The van der Waals surface area contributed by atoms with Crippen LogP contribution in [0.5, 0.6) is 0 Å². The molecule has 132 valence electrons. The maximum Gasteiger partial charge on any atom is 0.259 e. The van der Waals surface area contributed by atoms with E-state index in [2.05, 4.69) is 15.8 Å². The Bertz CT molecular complexity index is 917. The van der Waals surface area contributed by atoms with E-state index < -0.39 is 0 Å².